The maximum Gasteiger partial charge on any atom is 0.401 e. The highest BCUT2D eigenvalue weighted by Crippen LogP contribution is 2.19. The molecule has 0 aromatic carbocycles. The Morgan fingerprint density at radius 2 is 1.95 bits per heavy atom. The second kappa shape index (κ2) is 6.24. The van der Waals surface area contributed by atoms with E-state index in [0.717, 1.165) is 7.05 Å². The highest BCUT2D eigenvalue weighted by Gasteiger charge is 2.34. The summed E-state index contributed by atoms with van der Waals surface area (Å²) in [5.74, 6) is -1.10. The largest absolute Gasteiger partial charge is 0.401 e. The van der Waals surface area contributed by atoms with Gasteiger partial charge in [-0.05, 0) is 27.8 Å². The van der Waals surface area contributed by atoms with Crippen LogP contribution in [0, 0.1) is 13.8 Å². The fraction of sp³-hybridized carbons (Fsp3) is 0.636. The van der Waals surface area contributed by atoms with Gasteiger partial charge in [-0.2, -0.15) is 13.2 Å². The van der Waals surface area contributed by atoms with E-state index in [1.54, 1.807) is 4.72 Å². The lowest BCUT2D eigenvalue weighted by atomic mass is 10.3. The summed E-state index contributed by atoms with van der Waals surface area (Å²) in [5, 5.41) is 3.45. The first-order chi connectivity index (χ1) is 9.85. The lowest BCUT2D eigenvalue weighted by Gasteiger charge is -2.24. The molecule has 0 radical (unpaired) electrons. The summed E-state index contributed by atoms with van der Waals surface area (Å²) in [6, 6.07) is -1.29. The molecule has 0 spiro atoms. The number of amides is 1. The molecule has 1 rings (SSSR count). The fourth-order valence-corrected chi connectivity index (χ4v) is 3.13. The molecule has 0 saturated heterocycles. The highest BCUT2D eigenvalue weighted by molar-refractivity contribution is 7.90. The fourth-order valence-electron chi connectivity index (χ4n) is 1.75. The summed E-state index contributed by atoms with van der Waals surface area (Å²) in [5.41, 5.74) is 0.0501. The van der Waals surface area contributed by atoms with Crippen molar-refractivity contribution in [1.82, 2.24) is 14.8 Å². The van der Waals surface area contributed by atoms with Gasteiger partial charge in [-0.25, -0.2) is 13.1 Å². The molecule has 0 aliphatic carbocycles. The van der Waals surface area contributed by atoms with Crippen LogP contribution in [0.5, 0.6) is 0 Å². The maximum absolute atomic E-state index is 12.3. The van der Waals surface area contributed by atoms with Gasteiger partial charge in [0.15, 0.2) is 10.7 Å². The number of nitrogens with one attached hydrogen (secondary N) is 1. The Labute approximate surface area is 125 Å². The Morgan fingerprint density at radius 1 is 1.41 bits per heavy atom. The summed E-state index contributed by atoms with van der Waals surface area (Å²) in [6.07, 6.45) is -4.50. The number of hydrogen-bond donors (Lipinski definition) is 1. The third kappa shape index (κ3) is 4.44. The van der Waals surface area contributed by atoms with Crippen molar-refractivity contribution in [1.29, 1.82) is 0 Å². The van der Waals surface area contributed by atoms with Gasteiger partial charge < -0.3 is 4.52 Å². The second-order valence-corrected chi connectivity index (χ2v) is 6.45. The number of likely N-dealkylation sites (N-methyl/N-ethyl adjacent to an activating group) is 1. The Bertz CT molecular complexity index is 635. The summed E-state index contributed by atoms with van der Waals surface area (Å²) in [6.45, 7) is 2.55. The predicted molar refractivity (Wildman–Crippen MR) is 69.5 cm³/mol. The molecule has 0 saturated carbocycles. The van der Waals surface area contributed by atoms with E-state index in [9.17, 15) is 26.4 Å². The van der Waals surface area contributed by atoms with Crippen molar-refractivity contribution in [3.63, 3.8) is 0 Å². The molecular weight excluding hydrogens is 327 g/mol. The lowest BCUT2D eigenvalue weighted by Crippen LogP contribution is -2.48. The first-order valence-corrected chi connectivity index (χ1v) is 7.60. The van der Waals surface area contributed by atoms with Gasteiger partial charge >= 0.3 is 6.18 Å². The molecule has 1 aromatic heterocycles. The van der Waals surface area contributed by atoms with Crippen LogP contribution >= 0.6 is 0 Å². The van der Waals surface area contributed by atoms with E-state index in [-0.39, 0.29) is 16.3 Å². The predicted octanol–water partition coefficient (Wildman–Crippen LogP) is 0.979. The van der Waals surface area contributed by atoms with Gasteiger partial charge in [0.05, 0.1) is 12.6 Å². The zero-order chi connectivity index (χ0) is 17.3. The van der Waals surface area contributed by atoms with E-state index in [4.69, 9.17) is 4.52 Å². The highest BCUT2D eigenvalue weighted by atomic mass is 32.2. The number of aryl methyl sites for hydroxylation is 2. The quantitative estimate of drug-likeness (QED) is 0.857. The molecule has 1 aromatic rings. The third-order valence-electron chi connectivity index (χ3n) is 2.94. The maximum atomic E-state index is 12.3. The molecule has 0 unspecified atom stereocenters. The van der Waals surface area contributed by atoms with Gasteiger partial charge in [0.25, 0.3) is 15.9 Å². The summed E-state index contributed by atoms with van der Waals surface area (Å²) in [7, 11) is -3.19. The molecule has 22 heavy (non-hydrogen) atoms. The third-order valence-corrected chi connectivity index (χ3v) is 4.53. The van der Waals surface area contributed by atoms with Crippen molar-refractivity contribution in [3.05, 3.63) is 11.5 Å². The molecule has 1 amide bonds. The van der Waals surface area contributed by atoms with Crippen molar-refractivity contribution in [2.45, 2.75) is 37.9 Å². The van der Waals surface area contributed by atoms with Gasteiger partial charge in [0.1, 0.15) is 5.69 Å². The molecular formula is C11H16F3N3O4S. The average molecular weight is 343 g/mol. The molecule has 11 heteroatoms. The average Bonchev–Trinajstić information content (AvgIpc) is 2.65. The van der Waals surface area contributed by atoms with Gasteiger partial charge in [-0.15, -0.1) is 0 Å². The number of hydrogen-bond acceptors (Lipinski definition) is 6. The number of rotatable bonds is 5. The van der Waals surface area contributed by atoms with Crippen LogP contribution in [-0.2, 0) is 14.8 Å². The van der Waals surface area contributed by atoms with Crippen LogP contribution in [0.3, 0.4) is 0 Å². The zero-order valence-corrected chi connectivity index (χ0v) is 13.2. The van der Waals surface area contributed by atoms with Crippen molar-refractivity contribution >= 4 is 15.9 Å². The molecule has 0 fully saturated rings. The van der Waals surface area contributed by atoms with Crippen LogP contribution in [0.4, 0.5) is 13.2 Å². The van der Waals surface area contributed by atoms with Crippen molar-refractivity contribution < 1.29 is 30.9 Å². The Balaban J connectivity index is 2.88. The van der Waals surface area contributed by atoms with E-state index >= 15 is 0 Å². The van der Waals surface area contributed by atoms with E-state index in [1.807, 2.05) is 0 Å². The number of sulfonamides is 1. The Kier molecular flexibility index (Phi) is 5.23. The van der Waals surface area contributed by atoms with Crippen LogP contribution in [0.25, 0.3) is 0 Å². The standard InChI is InChI=1S/C11H16F3N3O4S/c1-6-9(8(3)21-15-6)22(19,20)16-10(18)7(2)17(4)5-11(12,13)14/h7H,5H2,1-4H3,(H,16,18)/t7-/m1/s1. The van der Waals surface area contributed by atoms with E-state index in [2.05, 4.69) is 5.16 Å². The normalized spacial score (nSPS) is 14.2. The smallest absolute Gasteiger partial charge is 0.360 e. The van der Waals surface area contributed by atoms with Crippen LogP contribution in [0.2, 0.25) is 0 Å². The summed E-state index contributed by atoms with van der Waals surface area (Å²) in [4.78, 5) is 12.2. The van der Waals surface area contributed by atoms with E-state index < -0.39 is 34.7 Å². The molecule has 0 aliphatic rings. The number of aromatic nitrogens is 1. The SMILES string of the molecule is Cc1noc(C)c1S(=O)(=O)NC(=O)[C@@H](C)N(C)CC(F)(F)F. The minimum absolute atomic E-state index is 0.0194. The lowest BCUT2D eigenvalue weighted by molar-refractivity contribution is -0.150. The van der Waals surface area contributed by atoms with Gasteiger partial charge in [0.2, 0.25) is 0 Å². The number of carbonyl (C=O) groups is 1. The second-order valence-electron chi connectivity index (χ2n) is 4.83. The molecule has 126 valence electrons. The van der Waals surface area contributed by atoms with Gasteiger partial charge in [-0.3, -0.25) is 9.69 Å². The number of nitrogens with zero attached hydrogens (tertiary/aromatic N) is 2. The van der Waals surface area contributed by atoms with Gasteiger partial charge in [0, 0.05) is 0 Å². The Hall–Kier alpha value is -1.62. The minimum atomic E-state index is -4.50. The number of alkyl halides is 3. The molecule has 7 nitrogen and oxygen atoms in total. The topological polar surface area (TPSA) is 92.5 Å². The number of halogens is 3. The molecule has 0 bridgehead atoms. The van der Waals surface area contributed by atoms with Crippen molar-refractivity contribution in [2.24, 2.45) is 0 Å². The van der Waals surface area contributed by atoms with Crippen LogP contribution in [0.1, 0.15) is 18.4 Å². The Morgan fingerprint density at radius 3 is 2.36 bits per heavy atom. The van der Waals surface area contributed by atoms with Crippen molar-refractivity contribution in [2.75, 3.05) is 13.6 Å². The van der Waals surface area contributed by atoms with Gasteiger partial charge in [-0.1, -0.05) is 5.16 Å². The van der Waals surface area contributed by atoms with Crippen LogP contribution in [-0.4, -0.2) is 50.2 Å². The first kappa shape index (κ1) is 18.4. The number of carbonyl (C=O) groups excluding carboxylic acids is 1. The van der Waals surface area contributed by atoms with Crippen LogP contribution < -0.4 is 4.72 Å². The minimum Gasteiger partial charge on any atom is -0.360 e. The van der Waals surface area contributed by atoms with Crippen LogP contribution in [0.15, 0.2) is 9.42 Å². The van der Waals surface area contributed by atoms with E-state index in [0.29, 0.717) is 4.90 Å². The molecule has 1 atom stereocenters. The first-order valence-electron chi connectivity index (χ1n) is 6.11. The van der Waals surface area contributed by atoms with E-state index in [1.165, 1.54) is 20.8 Å². The summed E-state index contributed by atoms with van der Waals surface area (Å²) < 4.78 is 67.5. The monoisotopic (exact) mass is 343 g/mol. The molecule has 1 N–H and O–H groups in total. The summed E-state index contributed by atoms with van der Waals surface area (Å²) >= 11 is 0. The van der Waals surface area contributed by atoms with Crippen molar-refractivity contribution in [3.8, 4) is 0 Å². The molecule has 1 heterocycles. The zero-order valence-electron chi connectivity index (χ0n) is 12.4. The molecule has 0 aliphatic heterocycles.